The van der Waals surface area contributed by atoms with Gasteiger partial charge in [-0.05, 0) is 37.8 Å². The van der Waals surface area contributed by atoms with Crippen LogP contribution in [-0.2, 0) is 5.54 Å². The first-order valence-corrected chi connectivity index (χ1v) is 11.6. The van der Waals surface area contributed by atoms with Crippen molar-refractivity contribution < 1.29 is 5.11 Å². The molecule has 0 radical (unpaired) electrons. The maximum absolute atomic E-state index is 10.2. The van der Waals surface area contributed by atoms with Gasteiger partial charge in [0.25, 0.3) is 0 Å². The molecule has 0 aliphatic heterocycles. The van der Waals surface area contributed by atoms with Gasteiger partial charge in [0, 0.05) is 22.7 Å². The van der Waals surface area contributed by atoms with E-state index < -0.39 is 11.1 Å². The number of allylic oxidation sites excluding steroid dienone is 1. The Morgan fingerprint density at radius 1 is 1.00 bits per heavy atom. The van der Waals surface area contributed by atoms with Crippen LogP contribution < -0.4 is 5.73 Å². The van der Waals surface area contributed by atoms with Crippen LogP contribution in [0.3, 0.4) is 0 Å². The van der Waals surface area contributed by atoms with Crippen LogP contribution in [0.1, 0.15) is 37.9 Å². The Labute approximate surface area is 203 Å². The van der Waals surface area contributed by atoms with Crippen molar-refractivity contribution in [1.29, 1.82) is 0 Å². The zero-order valence-electron chi connectivity index (χ0n) is 19.7. The molecule has 7 nitrogen and oxygen atoms in total. The molecule has 0 bridgehead atoms. The lowest BCUT2D eigenvalue weighted by Crippen LogP contribution is -2.58. The largest absolute Gasteiger partial charge is 0.390 e. The van der Waals surface area contributed by atoms with E-state index in [2.05, 4.69) is 16.7 Å². The Bertz CT molecular complexity index is 1590. The average Bonchev–Trinajstić information content (AvgIpc) is 3.28. The third-order valence-corrected chi connectivity index (χ3v) is 6.72. The van der Waals surface area contributed by atoms with E-state index in [1.807, 2.05) is 74.5 Å². The number of fused-ring (bicyclic) bond motifs is 3. The van der Waals surface area contributed by atoms with Crippen molar-refractivity contribution in [2.45, 2.75) is 37.8 Å². The van der Waals surface area contributed by atoms with E-state index in [0.717, 1.165) is 39.3 Å². The van der Waals surface area contributed by atoms with Gasteiger partial charge in [-0.15, -0.1) is 0 Å². The van der Waals surface area contributed by atoms with Crippen LogP contribution in [0.4, 0.5) is 0 Å². The molecule has 0 spiro atoms. The van der Waals surface area contributed by atoms with Crippen molar-refractivity contribution in [3.8, 4) is 22.5 Å². The van der Waals surface area contributed by atoms with E-state index in [1.54, 1.807) is 10.7 Å². The first-order chi connectivity index (χ1) is 16.7. The van der Waals surface area contributed by atoms with Gasteiger partial charge in [-0.2, -0.15) is 9.61 Å². The van der Waals surface area contributed by atoms with Crippen molar-refractivity contribution in [3.05, 3.63) is 84.7 Å². The standard InChI is InChI=1S/C28H26N6O/c1-17(2)21-13-23-30-14-22-26(34(23)33-21)32-25(24(31-22)18-7-5-4-6-8-18)19-9-11-20(12-10-19)28(29)15-27(3,35)16-28/h4-14,35H,1,15-16,29H2,2-3H3. The number of benzene rings is 2. The number of aromatic nitrogens is 5. The molecule has 7 heteroatoms. The molecule has 5 aromatic rings. The van der Waals surface area contributed by atoms with Gasteiger partial charge in [0.2, 0.25) is 0 Å². The molecule has 1 aliphatic rings. The van der Waals surface area contributed by atoms with E-state index in [4.69, 9.17) is 15.7 Å². The summed E-state index contributed by atoms with van der Waals surface area (Å²) in [6, 6.07) is 20.0. The van der Waals surface area contributed by atoms with Crippen molar-refractivity contribution in [1.82, 2.24) is 24.6 Å². The Kier molecular flexibility index (Phi) is 4.64. The molecule has 6 rings (SSSR count). The average molecular weight is 463 g/mol. The van der Waals surface area contributed by atoms with Gasteiger partial charge >= 0.3 is 0 Å². The molecule has 35 heavy (non-hydrogen) atoms. The molecular formula is C28H26N6O. The monoisotopic (exact) mass is 462 g/mol. The van der Waals surface area contributed by atoms with Crippen LogP contribution in [0.2, 0.25) is 0 Å². The summed E-state index contributed by atoms with van der Waals surface area (Å²) in [4.78, 5) is 14.6. The molecule has 174 valence electrons. The highest BCUT2D eigenvalue weighted by molar-refractivity contribution is 5.85. The number of aliphatic hydroxyl groups is 1. The minimum absolute atomic E-state index is 0.509. The topological polar surface area (TPSA) is 102 Å². The highest BCUT2D eigenvalue weighted by atomic mass is 16.3. The maximum atomic E-state index is 10.2. The first kappa shape index (κ1) is 21.6. The maximum Gasteiger partial charge on any atom is 0.184 e. The second kappa shape index (κ2) is 7.53. The number of nitrogens with zero attached hydrogens (tertiary/aromatic N) is 5. The zero-order chi connectivity index (χ0) is 24.4. The summed E-state index contributed by atoms with van der Waals surface area (Å²) in [5.41, 5.74) is 13.4. The third-order valence-electron chi connectivity index (χ3n) is 6.72. The van der Waals surface area contributed by atoms with Crippen molar-refractivity contribution >= 4 is 22.4 Å². The summed E-state index contributed by atoms with van der Waals surface area (Å²) in [7, 11) is 0. The number of hydrogen-bond acceptors (Lipinski definition) is 6. The van der Waals surface area contributed by atoms with E-state index in [-0.39, 0.29) is 0 Å². The van der Waals surface area contributed by atoms with Crippen LogP contribution in [0, 0.1) is 0 Å². The lowest BCUT2D eigenvalue weighted by Gasteiger charge is -2.49. The lowest BCUT2D eigenvalue weighted by molar-refractivity contribution is -0.0738. The van der Waals surface area contributed by atoms with Gasteiger partial charge < -0.3 is 10.8 Å². The smallest absolute Gasteiger partial charge is 0.184 e. The van der Waals surface area contributed by atoms with Gasteiger partial charge in [-0.3, -0.25) is 0 Å². The third kappa shape index (κ3) is 3.60. The Morgan fingerprint density at radius 3 is 2.31 bits per heavy atom. The van der Waals surface area contributed by atoms with Gasteiger partial charge in [-0.1, -0.05) is 61.2 Å². The molecule has 3 N–H and O–H groups in total. The van der Waals surface area contributed by atoms with Gasteiger partial charge in [0.15, 0.2) is 11.3 Å². The molecular weight excluding hydrogens is 436 g/mol. The predicted molar refractivity (Wildman–Crippen MR) is 137 cm³/mol. The molecule has 1 saturated carbocycles. The van der Waals surface area contributed by atoms with Crippen LogP contribution >= 0.6 is 0 Å². The second-order valence-corrected chi connectivity index (χ2v) is 9.92. The predicted octanol–water partition coefficient (Wildman–Crippen LogP) is 4.74. The molecule has 0 amide bonds. The van der Waals surface area contributed by atoms with E-state index in [1.165, 1.54) is 0 Å². The van der Waals surface area contributed by atoms with E-state index in [9.17, 15) is 5.11 Å². The Morgan fingerprint density at radius 2 is 1.66 bits per heavy atom. The SMILES string of the molecule is C=C(C)c1cc2ncc3nc(-c4ccccc4)c(-c4ccc(C5(N)CC(C)(O)C5)cc4)nc3n2n1. The highest BCUT2D eigenvalue weighted by Crippen LogP contribution is 2.46. The fourth-order valence-electron chi connectivity index (χ4n) is 5.11. The van der Waals surface area contributed by atoms with Gasteiger partial charge in [0.1, 0.15) is 5.52 Å². The van der Waals surface area contributed by atoms with Crippen molar-refractivity contribution in [2.75, 3.05) is 0 Å². The van der Waals surface area contributed by atoms with Crippen LogP contribution in [0.15, 0.2) is 73.4 Å². The first-order valence-electron chi connectivity index (χ1n) is 11.6. The Balaban J connectivity index is 1.54. The van der Waals surface area contributed by atoms with Gasteiger partial charge in [-0.25, -0.2) is 15.0 Å². The molecule has 2 aromatic carbocycles. The summed E-state index contributed by atoms with van der Waals surface area (Å²) in [5, 5.41) is 14.9. The van der Waals surface area contributed by atoms with Crippen molar-refractivity contribution in [3.63, 3.8) is 0 Å². The zero-order valence-corrected chi connectivity index (χ0v) is 19.7. The summed E-state index contributed by atoms with van der Waals surface area (Å²) >= 11 is 0. The Hall–Kier alpha value is -3.94. The summed E-state index contributed by atoms with van der Waals surface area (Å²) in [6.45, 7) is 7.75. The summed E-state index contributed by atoms with van der Waals surface area (Å²) < 4.78 is 1.73. The molecule has 1 fully saturated rings. The molecule has 0 atom stereocenters. The highest BCUT2D eigenvalue weighted by Gasteiger charge is 2.49. The molecule has 3 heterocycles. The van der Waals surface area contributed by atoms with Crippen LogP contribution in [0.5, 0.6) is 0 Å². The fourth-order valence-corrected chi connectivity index (χ4v) is 5.11. The minimum Gasteiger partial charge on any atom is -0.390 e. The van der Waals surface area contributed by atoms with Crippen LogP contribution in [0.25, 0.3) is 44.9 Å². The van der Waals surface area contributed by atoms with E-state index >= 15 is 0 Å². The summed E-state index contributed by atoms with van der Waals surface area (Å²) in [6.07, 6.45) is 2.82. The molecule has 3 aromatic heterocycles. The second-order valence-electron chi connectivity index (χ2n) is 9.92. The summed E-state index contributed by atoms with van der Waals surface area (Å²) in [5.74, 6) is 0. The van der Waals surface area contributed by atoms with Gasteiger partial charge in [0.05, 0.1) is 28.9 Å². The molecule has 0 unspecified atom stereocenters. The van der Waals surface area contributed by atoms with Crippen LogP contribution in [-0.4, -0.2) is 35.3 Å². The van der Waals surface area contributed by atoms with Crippen molar-refractivity contribution in [2.24, 2.45) is 5.73 Å². The normalized spacial score (nSPS) is 21.8. The lowest BCUT2D eigenvalue weighted by atomic mass is 9.63. The molecule has 1 aliphatic carbocycles. The fraction of sp³-hybridized carbons (Fsp3) is 0.214. The number of nitrogens with two attached hydrogens (primary N) is 1. The number of hydrogen-bond donors (Lipinski definition) is 2. The minimum atomic E-state index is -0.705. The van der Waals surface area contributed by atoms with E-state index in [0.29, 0.717) is 29.7 Å². The molecule has 0 saturated heterocycles. The quantitative estimate of drug-likeness (QED) is 0.400. The number of rotatable bonds is 4.